The molecule has 1 aromatic carbocycles. The van der Waals surface area contributed by atoms with Crippen LogP contribution in [0.15, 0.2) is 30.3 Å². The van der Waals surface area contributed by atoms with Crippen LogP contribution in [-0.2, 0) is 9.47 Å². The van der Waals surface area contributed by atoms with Crippen LogP contribution in [0.25, 0.3) is 0 Å². The molecule has 1 aliphatic heterocycles. The number of aliphatic hydroxyl groups is 1. The molecule has 17 heavy (non-hydrogen) atoms. The summed E-state index contributed by atoms with van der Waals surface area (Å²) in [5.74, 6) is -0.481. The van der Waals surface area contributed by atoms with Crippen LogP contribution in [-0.4, -0.2) is 36.2 Å². The predicted octanol–water partition coefficient (Wildman–Crippen LogP) is 1.29. The third-order valence-electron chi connectivity index (χ3n) is 2.54. The fourth-order valence-electron chi connectivity index (χ4n) is 1.64. The minimum absolute atomic E-state index is 0.0449. The Kier molecular flexibility index (Phi) is 3.71. The molecule has 1 saturated heterocycles. The van der Waals surface area contributed by atoms with Crippen molar-refractivity contribution >= 4 is 5.97 Å². The molecule has 1 fully saturated rings. The number of hydrogen-bond donors (Lipinski definition) is 1. The van der Waals surface area contributed by atoms with Crippen molar-refractivity contribution in [2.24, 2.45) is 0 Å². The first-order valence-corrected chi connectivity index (χ1v) is 5.36. The second kappa shape index (κ2) is 5.25. The summed E-state index contributed by atoms with van der Waals surface area (Å²) in [6.45, 7) is -0.0504. The van der Waals surface area contributed by atoms with Crippen molar-refractivity contribution in [1.82, 2.24) is 0 Å². The van der Waals surface area contributed by atoms with Crippen molar-refractivity contribution in [3.8, 4) is 0 Å². The summed E-state index contributed by atoms with van der Waals surface area (Å²) in [7, 11) is 0. The van der Waals surface area contributed by atoms with Crippen LogP contribution in [0.2, 0.25) is 0 Å². The molecule has 0 aromatic heterocycles. The Morgan fingerprint density at radius 1 is 1.47 bits per heavy atom. The van der Waals surface area contributed by atoms with Gasteiger partial charge < -0.3 is 14.6 Å². The second-order valence-corrected chi connectivity index (χ2v) is 3.86. The maximum Gasteiger partial charge on any atom is 0.338 e. The van der Waals surface area contributed by atoms with Gasteiger partial charge in [-0.3, -0.25) is 0 Å². The first kappa shape index (κ1) is 12.0. The van der Waals surface area contributed by atoms with Crippen LogP contribution < -0.4 is 0 Å². The summed E-state index contributed by atoms with van der Waals surface area (Å²) >= 11 is 0. The van der Waals surface area contributed by atoms with E-state index in [0.29, 0.717) is 5.56 Å². The summed E-state index contributed by atoms with van der Waals surface area (Å²) < 4.78 is 22.7. The van der Waals surface area contributed by atoms with E-state index in [1.807, 2.05) is 0 Å². The number of hydrogen-bond acceptors (Lipinski definition) is 4. The fourth-order valence-corrected chi connectivity index (χ4v) is 1.64. The van der Waals surface area contributed by atoms with Crippen molar-refractivity contribution in [3.63, 3.8) is 0 Å². The fraction of sp³-hybridized carbons (Fsp3) is 0.417. The van der Waals surface area contributed by atoms with Gasteiger partial charge in [0.2, 0.25) is 0 Å². The van der Waals surface area contributed by atoms with E-state index in [9.17, 15) is 9.18 Å². The van der Waals surface area contributed by atoms with Crippen LogP contribution in [0.4, 0.5) is 4.39 Å². The van der Waals surface area contributed by atoms with Gasteiger partial charge in [-0.25, -0.2) is 9.18 Å². The molecule has 0 aliphatic carbocycles. The van der Waals surface area contributed by atoms with E-state index in [1.165, 1.54) is 0 Å². The number of alkyl halides is 1. The van der Waals surface area contributed by atoms with Gasteiger partial charge in [-0.15, -0.1) is 0 Å². The molecule has 1 aromatic rings. The van der Waals surface area contributed by atoms with Gasteiger partial charge in [-0.1, -0.05) is 18.2 Å². The van der Waals surface area contributed by atoms with E-state index in [4.69, 9.17) is 14.6 Å². The molecular weight excluding hydrogens is 227 g/mol. The molecule has 4 nitrogen and oxygen atoms in total. The third kappa shape index (κ3) is 3.01. The summed E-state index contributed by atoms with van der Waals surface area (Å²) in [5, 5.41) is 9.01. The maximum atomic E-state index is 12.9. The van der Waals surface area contributed by atoms with E-state index in [0.717, 1.165) is 0 Å². The molecular formula is C12H13FO4. The van der Waals surface area contributed by atoms with Crippen molar-refractivity contribution in [2.75, 3.05) is 6.61 Å². The Bertz CT molecular complexity index is 371. The number of benzene rings is 1. The highest BCUT2D eigenvalue weighted by Gasteiger charge is 2.34. The topological polar surface area (TPSA) is 55.8 Å². The van der Waals surface area contributed by atoms with E-state index in [2.05, 4.69) is 0 Å². The zero-order valence-corrected chi connectivity index (χ0v) is 9.08. The molecule has 0 radical (unpaired) electrons. The highest BCUT2D eigenvalue weighted by molar-refractivity contribution is 5.89. The lowest BCUT2D eigenvalue weighted by molar-refractivity contribution is -0.121. The SMILES string of the molecule is O=C(OC[C@H]1C[C@@H](F)[C@@H](O)O1)c1ccccc1. The van der Waals surface area contributed by atoms with E-state index in [1.54, 1.807) is 30.3 Å². The first-order chi connectivity index (χ1) is 8.16. The molecule has 1 aliphatic rings. The molecule has 1 N–H and O–H groups in total. The second-order valence-electron chi connectivity index (χ2n) is 3.86. The van der Waals surface area contributed by atoms with Gasteiger partial charge in [0.15, 0.2) is 12.5 Å². The third-order valence-corrected chi connectivity index (χ3v) is 2.54. The first-order valence-electron chi connectivity index (χ1n) is 5.36. The number of ether oxygens (including phenoxy) is 2. The molecule has 1 heterocycles. The summed E-state index contributed by atoms with van der Waals surface area (Å²) in [4.78, 5) is 11.5. The zero-order chi connectivity index (χ0) is 12.3. The van der Waals surface area contributed by atoms with Gasteiger partial charge in [0, 0.05) is 6.42 Å². The number of esters is 1. The molecule has 0 spiro atoms. The molecule has 0 bridgehead atoms. The maximum absolute atomic E-state index is 12.9. The lowest BCUT2D eigenvalue weighted by Crippen LogP contribution is -2.19. The normalized spacial score (nSPS) is 28.0. The quantitative estimate of drug-likeness (QED) is 0.809. The smallest absolute Gasteiger partial charge is 0.338 e. The minimum Gasteiger partial charge on any atom is -0.459 e. The van der Waals surface area contributed by atoms with Crippen molar-refractivity contribution in [2.45, 2.75) is 25.0 Å². The number of carbonyl (C=O) groups excluding carboxylic acids is 1. The Labute approximate surface area is 98.0 Å². The zero-order valence-electron chi connectivity index (χ0n) is 9.08. The number of rotatable bonds is 3. The largest absolute Gasteiger partial charge is 0.459 e. The van der Waals surface area contributed by atoms with E-state index in [-0.39, 0.29) is 13.0 Å². The Hall–Kier alpha value is -1.46. The lowest BCUT2D eigenvalue weighted by atomic mass is 10.2. The highest BCUT2D eigenvalue weighted by atomic mass is 19.1. The van der Waals surface area contributed by atoms with Gasteiger partial charge in [0.1, 0.15) is 6.61 Å². The standard InChI is InChI=1S/C12H13FO4/c13-10-6-9(17-12(10)15)7-16-11(14)8-4-2-1-3-5-8/h1-5,9-10,12,15H,6-7H2/t9-,10-,12+/m1/s1. The summed E-state index contributed by atoms with van der Waals surface area (Å²) in [6, 6.07) is 8.50. The Morgan fingerprint density at radius 3 is 2.76 bits per heavy atom. The molecule has 0 saturated carbocycles. The van der Waals surface area contributed by atoms with Gasteiger partial charge >= 0.3 is 5.97 Å². The number of carbonyl (C=O) groups is 1. The minimum atomic E-state index is -1.41. The highest BCUT2D eigenvalue weighted by Crippen LogP contribution is 2.21. The molecule has 0 unspecified atom stereocenters. The van der Waals surface area contributed by atoms with Crippen molar-refractivity contribution < 1.29 is 23.8 Å². The Balaban J connectivity index is 1.81. The molecule has 3 atom stereocenters. The number of halogens is 1. The van der Waals surface area contributed by atoms with Crippen molar-refractivity contribution in [1.29, 1.82) is 0 Å². The average molecular weight is 240 g/mol. The Morgan fingerprint density at radius 2 is 2.18 bits per heavy atom. The van der Waals surface area contributed by atoms with Gasteiger partial charge in [-0.05, 0) is 12.1 Å². The van der Waals surface area contributed by atoms with E-state index < -0.39 is 24.5 Å². The monoisotopic (exact) mass is 240 g/mol. The van der Waals surface area contributed by atoms with Gasteiger partial charge in [0.25, 0.3) is 0 Å². The predicted molar refractivity (Wildman–Crippen MR) is 57.1 cm³/mol. The van der Waals surface area contributed by atoms with Crippen LogP contribution in [0.3, 0.4) is 0 Å². The summed E-state index contributed by atoms with van der Waals surface area (Å²) in [5.41, 5.74) is 0.433. The molecule has 0 amide bonds. The van der Waals surface area contributed by atoms with Crippen LogP contribution in [0.1, 0.15) is 16.8 Å². The van der Waals surface area contributed by atoms with Crippen LogP contribution >= 0.6 is 0 Å². The van der Waals surface area contributed by atoms with Crippen molar-refractivity contribution in [3.05, 3.63) is 35.9 Å². The van der Waals surface area contributed by atoms with E-state index >= 15 is 0 Å². The molecule has 5 heteroatoms. The van der Waals surface area contributed by atoms with Crippen LogP contribution in [0, 0.1) is 0 Å². The average Bonchev–Trinajstić information content (AvgIpc) is 2.67. The number of aliphatic hydroxyl groups excluding tert-OH is 1. The van der Waals surface area contributed by atoms with Gasteiger partial charge in [0.05, 0.1) is 11.7 Å². The van der Waals surface area contributed by atoms with Crippen LogP contribution in [0.5, 0.6) is 0 Å². The van der Waals surface area contributed by atoms with Gasteiger partial charge in [-0.2, -0.15) is 0 Å². The molecule has 2 rings (SSSR count). The molecule has 92 valence electrons. The lowest BCUT2D eigenvalue weighted by Gasteiger charge is -2.10. The summed E-state index contributed by atoms with van der Waals surface area (Å²) in [6.07, 6.45) is -3.35.